The summed E-state index contributed by atoms with van der Waals surface area (Å²) >= 11 is 0. The summed E-state index contributed by atoms with van der Waals surface area (Å²) in [6.07, 6.45) is 6.72. The van der Waals surface area contributed by atoms with Gasteiger partial charge in [-0.05, 0) is 42.0 Å². The van der Waals surface area contributed by atoms with Gasteiger partial charge in [0.05, 0.1) is 6.04 Å². The van der Waals surface area contributed by atoms with Gasteiger partial charge in [-0.2, -0.15) is 0 Å². The van der Waals surface area contributed by atoms with Crippen molar-refractivity contribution < 1.29 is 9.53 Å². The third-order valence-corrected chi connectivity index (χ3v) is 7.47. The van der Waals surface area contributed by atoms with Crippen molar-refractivity contribution in [1.29, 1.82) is 0 Å². The van der Waals surface area contributed by atoms with E-state index in [4.69, 9.17) is 4.74 Å². The highest BCUT2D eigenvalue weighted by Crippen LogP contribution is 2.35. The monoisotopic (exact) mass is 545 g/mol. The fourth-order valence-electron chi connectivity index (χ4n) is 5.42. The second-order valence-corrected chi connectivity index (χ2v) is 10.2. The highest BCUT2D eigenvalue weighted by atomic mass is 16.5. The highest BCUT2D eigenvalue weighted by molar-refractivity contribution is 5.96. The molecule has 0 fully saturated rings. The van der Waals surface area contributed by atoms with E-state index >= 15 is 0 Å². The lowest BCUT2D eigenvalue weighted by Crippen LogP contribution is -2.57. The summed E-state index contributed by atoms with van der Waals surface area (Å²) in [7, 11) is 0. The molecule has 2 atom stereocenters. The summed E-state index contributed by atoms with van der Waals surface area (Å²) in [5, 5.41) is 2.14. The molecule has 0 saturated carbocycles. The molecule has 2 unspecified atom stereocenters. The van der Waals surface area contributed by atoms with Crippen LogP contribution in [0.1, 0.15) is 52.1 Å². The minimum absolute atomic E-state index is 0.0491. The van der Waals surface area contributed by atoms with E-state index in [2.05, 4.69) is 42.4 Å². The molecular formula is C35H35N3O3. The Labute approximate surface area is 241 Å². The third-order valence-electron chi connectivity index (χ3n) is 7.47. The van der Waals surface area contributed by atoms with Crippen LogP contribution < -0.4 is 15.2 Å². The van der Waals surface area contributed by atoms with Crippen molar-refractivity contribution in [2.75, 3.05) is 11.7 Å². The molecule has 0 radical (unpaired) electrons. The molecule has 2 heterocycles. The van der Waals surface area contributed by atoms with E-state index in [0.29, 0.717) is 19.5 Å². The molecule has 1 amide bonds. The molecule has 0 bridgehead atoms. The minimum atomic E-state index is -0.331. The number of hydrogen-bond acceptors (Lipinski definition) is 4. The summed E-state index contributed by atoms with van der Waals surface area (Å²) in [6.45, 7) is 10.4. The largest absolute Gasteiger partial charge is 0.482 e. The van der Waals surface area contributed by atoms with Crippen molar-refractivity contribution in [2.24, 2.45) is 0 Å². The minimum Gasteiger partial charge on any atom is -0.482 e. The first-order valence-electron chi connectivity index (χ1n) is 13.9. The van der Waals surface area contributed by atoms with E-state index in [1.165, 1.54) is 6.07 Å². The molecule has 1 aliphatic rings. The number of nitrogens with zero attached hydrogens (tertiary/aromatic N) is 3. The molecule has 208 valence electrons. The zero-order valence-electron chi connectivity index (χ0n) is 23.4. The van der Waals surface area contributed by atoms with Gasteiger partial charge in [-0.25, -0.2) is 0 Å². The molecule has 0 saturated heterocycles. The maximum Gasteiger partial charge on any atom is 0.278 e. The van der Waals surface area contributed by atoms with Crippen molar-refractivity contribution in [3.05, 3.63) is 161 Å². The van der Waals surface area contributed by atoms with Gasteiger partial charge in [-0.15, -0.1) is 13.2 Å². The van der Waals surface area contributed by atoms with E-state index in [1.807, 2.05) is 84.4 Å². The summed E-state index contributed by atoms with van der Waals surface area (Å²) in [5.74, 6) is -0.199. The van der Waals surface area contributed by atoms with Gasteiger partial charge in [0, 0.05) is 18.3 Å². The van der Waals surface area contributed by atoms with Gasteiger partial charge >= 0.3 is 0 Å². The van der Waals surface area contributed by atoms with Gasteiger partial charge in [-0.1, -0.05) is 97.1 Å². The number of rotatable bonds is 11. The molecule has 1 aliphatic heterocycles. The normalized spacial score (nSPS) is 14.2. The zero-order valence-corrected chi connectivity index (χ0v) is 23.4. The van der Waals surface area contributed by atoms with Crippen molar-refractivity contribution in [3.8, 4) is 5.75 Å². The second kappa shape index (κ2) is 12.6. The third kappa shape index (κ3) is 5.73. The molecule has 0 N–H and O–H groups in total. The molecule has 6 nitrogen and oxygen atoms in total. The fourth-order valence-corrected chi connectivity index (χ4v) is 5.42. The Kier molecular flexibility index (Phi) is 8.49. The van der Waals surface area contributed by atoms with Crippen LogP contribution in [0.5, 0.6) is 5.75 Å². The van der Waals surface area contributed by atoms with Crippen LogP contribution >= 0.6 is 0 Å². The summed E-state index contributed by atoms with van der Waals surface area (Å²) in [4.78, 5) is 29.2. The number of allylic oxidation sites excluding steroid dienone is 1. The van der Waals surface area contributed by atoms with Gasteiger partial charge in [0.2, 0.25) is 5.43 Å². The van der Waals surface area contributed by atoms with E-state index in [0.717, 1.165) is 22.3 Å². The number of ether oxygens (including phenoxy) is 1. The number of fused-ring (bicyclic) bond motifs is 1. The molecule has 5 rings (SSSR count). The molecule has 1 aromatic heterocycles. The van der Waals surface area contributed by atoms with E-state index < -0.39 is 0 Å². The number of amides is 1. The number of carbonyl (C=O) groups excluding carboxylic acids is 1. The van der Waals surface area contributed by atoms with Crippen LogP contribution in [0.15, 0.2) is 127 Å². The average molecular weight is 546 g/mol. The Morgan fingerprint density at radius 1 is 0.878 bits per heavy atom. The van der Waals surface area contributed by atoms with Crippen molar-refractivity contribution in [2.45, 2.75) is 38.5 Å². The number of pyridine rings is 1. The maximum atomic E-state index is 14.1. The predicted molar refractivity (Wildman–Crippen MR) is 164 cm³/mol. The highest BCUT2D eigenvalue weighted by Gasteiger charge is 2.39. The standard InChI is InChI=1S/C35H35N3O3/c1-4-14-26(3)36-25-38(32(29-19-10-7-11-20-29)30-21-13-12-18-28(30)15-5-2)37-23-22-31(39)34(33(37)35(36)40)41-24-27-16-8-6-9-17-27/h4-13,16-23,26,32H,1-2,14-15,24-25H2,3H3. The van der Waals surface area contributed by atoms with Crippen LogP contribution in [0, 0.1) is 0 Å². The first-order chi connectivity index (χ1) is 20.0. The van der Waals surface area contributed by atoms with Crippen LogP contribution in [-0.2, 0) is 13.0 Å². The lowest BCUT2D eigenvalue weighted by Gasteiger charge is -2.46. The Morgan fingerprint density at radius 2 is 1.56 bits per heavy atom. The van der Waals surface area contributed by atoms with E-state index in [-0.39, 0.29) is 41.5 Å². The number of carbonyl (C=O) groups is 1. The lowest BCUT2D eigenvalue weighted by atomic mass is 9.92. The summed E-state index contributed by atoms with van der Waals surface area (Å²) < 4.78 is 7.95. The molecule has 41 heavy (non-hydrogen) atoms. The fraction of sp³-hybridized carbons (Fsp3) is 0.200. The Morgan fingerprint density at radius 3 is 2.27 bits per heavy atom. The van der Waals surface area contributed by atoms with E-state index in [1.54, 1.807) is 11.1 Å². The molecular weight excluding hydrogens is 510 g/mol. The van der Waals surface area contributed by atoms with Gasteiger partial charge in [0.25, 0.3) is 5.91 Å². The van der Waals surface area contributed by atoms with Gasteiger partial charge in [0.1, 0.15) is 13.3 Å². The van der Waals surface area contributed by atoms with Gasteiger partial charge in [-0.3, -0.25) is 19.3 Å². The lowest BCUT2D eigenvalue weighted by molar-refractivity contribution is 0.0604. The van der Waals surface area contributed by atoms with Crippen LogP contribution in [0.4, 0.5) is 0 Å². The molecule has 4 aromatic rings. The molecule has 3 aromatic carbocycles. The quantitative estimate of drug-likeness (QED) is 0.209. The smallest absolute Gasteiger partial charge is 0.278 e. The second-order valence-electron chi connectivity index (χ2n) is 10.2. The van der Waals surface area contributed by atoms with Crippen molar-refractivity contribution >= 4 is 5.91 Å². The van der Waals surface area contributed by atoms with Crippen molar-refractivity contribution in [1.82, 2.24) is 9.58 Å². The zero-order chi connectivity index (χ0) is 28.8. The van der Waals surface area contributed by atoms with Crippen LogP contribution in [0.3, 0.4) is 0 Å². The molecule has 6 heteroatoms. The topological polar surface area (TPSA) is 54.8 Å². The molecule has 0 aliphatic carbocycles. The van der Waals surface area contributed by atoms with Gasteiger partial charge < -0.3 is 9.64 Å². The average Bonchev–Trinajstić information content (AvgIpc) is 3.00. The summed E-state index contributed by atoms with van der Waals surface area (Å²) in [6, 6.07) is 29.2. The number of aromatic nitrogens is 1. The first kappa shape index (κ1) is 27.7. The number of hydrogen-bond donors (Lipinski definition) is 0. The number of benzene rings is 3. The SMILES string of the molecule is C=CCc1ccccc1C(c1ccccc1)N1CN(C(C)CC=C)C(=O)c2c(OCc3ccccc3)c(=O)ccn21. The maximum absolute atomic E-state index is 14.1. The summed E-state index contributed by atoms with van der Waals surface area (Å²) in [5.41, 5.74) is 4.10. The Balaban J connectivity index is 1.71. The van der Waals surface area contributed by atoms with Crippen LogP contribution in [-0.4, -0.2) is 28.2 Å². The van der Waals surface area contributed by atoms with Gasteiger partial charge in [0.15, 0.2) is 11.4 Å². The van der Waals surface area contributed by atoms with Crippen LogP contribution in [0.2, 0.25) is 0 Å². The molecule has 0 spiro atoms. The first-order valence-corrected chi connectivity index (χ1v) is 13.9. The Bertz CT molecular complexity index is 1580. The predicted octanol–water partition coefficient (Wildman–Crippen LogP) is 6.26. The Hall–Kier alpha value is -4.84. The van der Waals surface area contributed by atoms with Crippen molar-refractivity contribution in [3.63, 3.8) is 0 Å². The van der Waals surface area contributed by atoms with E-state index in [9.17, 15) is 9.59 Å². The van der Waals surface area contributed by atoms with Crippen LogP contribution in [0.25, 0.3) is 0 Å².